The highest BCUT2D eigenvalue weighted by molar-refractivity contribution is 7.80. The van der Waals surface area contributed by atoms with E-state index in [9.17, 15) is 4.39 Å². The van der Waals surface area contributed by atoms with Crippen LogP contribution >= 0.6 is 12.2 Å². The van der Waals surface area contributed by atoms with E-state index in [1.165, 1.54) is 6.07 Å². The van der Waals surface area contributed by atoms with E-state index < -0.39 is 0 Å². The number of halogens is 1. The van der Waals surface area contributed by atoms with Crippen molar-refractivity contribution in [2.45, 2.75) is 26.3 Å². The molecule has 0 saturated heterocycles. The summed E-state index contributed by atoms with van der Waals surface area (Å²) in [5, 5.41) is 0. The van der Waals surface area contributed by atoms with Gasteiger partial charge in [-0.15, -0.1) is 0 Å². The summed E-state index contributed by atoms with van der Waals surface area (Å²) in [6.07, 6.45) is 5.51. The molecule has 100 valence electrons. The number of nitrogens with two attached hydrogens (primary N) is 1. The van der Waals surface area contributed by atoms with Crippen molar-refractivity contribution in [3.05, 3.63) is 53.4 Å². The van der Waals surface area contributed by atoms with Crippen LogP contribution in [-0.4, -0.2) is 14.5 Å². The number of hydrogen-bond acceptors (Lipinski definition) is 2. The van der Waals surface area contributed by atoms with Crippen LogP contribution in [0.4, 0.5) is 4.39 Å². The zero-order chi connectivity index (χ0) is 13.8. The lowest BCUT2D eigenvalue weighted by Gasteiger charge is -2.09. The van der Waals surface area contributed by atoms with Crippen molar-refractivity contribution in [1.29, 1.82) is 0 Å². The summed E-state index contributed by atoms with van der Waals surface area (Å²) in [5.41, 5.74) is 6.64. The fourth-order valence-corrected chi connectivity index (χ4v) is 2.08. The number of hydrogen-bond donors (Lipinski definition) is 1. The lowest BCUT2D eigenvalue weighted by molar-refractivity contribution is 0.593. The molecule has 5 heteroatoms. The fraction of sp³-hybridized carbons (Fsp3) is 0.286. The summed E-state index contributed by atoms with van der Waals surface area (Å²) in [6, 6.07) is 4.85. The van der Waals surface area contributed by atoms with Crippen LogP contribution in [0.15, 0.2) is 30.6 Å². The Labute approximate surface area is 117 Å². The van der Waals surface area contributed by atoms with Gasteiger partial charge < -0.3 is 10.3 Å². The van der Waals surface area contributed by atoms with E-state index in [4.69, 9.17) is 18.0 Å². The van der Waals surface area contributed by atoms with Crippen molar-refractivity contribution in [3.8, 4) is 0 Å². The van der Waals surface area contributed by atoms with Crippen LogP contribution in [0.2, 0.25) is 0 Å². The maximum Gasteiger partial charge on any atom is 0.128 e. The Morgan fingerprint density at radius 3 is 2.89 bits per heavy atom. The van der Waals surface area contributed by atoms with Crippen LogP contribution in [0.25, 0.3) is 0 Å². The third-order valence-electron chi connectivity index (χ3n) is 2.95. The highest BCUT2D eigenvalue weighted by atomic mass is 32.1. The number of thiocarbonyl (C=S) groups is 1. The van der Waals surface area contributed by atoms with Crippen LogP contribution < -0.4 is 5.73 Å². The van der Waals surface area contributed by atoms with Gasteiger partial charge in [-0.05, 0) is 12.5 Å². The molecule has 19 heavy (non-hydrogen) atoms. The number of imidazole rings is 1. The van der Waals surface area contributed by atoms with Crippen LogP contribution in [0.3, 0.4) is 0 Å². The van der Waals surface area contributed by atoms with Crippen molar-refractivity contribution >= 4 is 17.2 Å². The lowest BCUT2D eigenvalue weighted by atomic mass is 10.1. The van der Waals surface area contributed by atoms with E-state index in [-0.39, 0.29) is 10.8 Å². The van der Waals surface area contributed by atoms with Gasteiger partial charge in [0.2, 0.25) is 0 Å². The average molecular weight is 277 g/mol. The molecule has 0 spiro atoms. The molecular weight excluding hydrogens is 261 g/mol. The Hall–Kier alpha value is -1.75. The average Bonchev–Trinajstić information content (AvgIpc) is 2.79. The number of nitrogens with zero attached hydrogens (tertiary/aromatic N) is 2. The lowest BCUT2D eigenvalue weighted by Crippen LogP contribution is -2.11. The molecule has 0 aliphatic heterocycles. The molecule has 2 rings (SSSR count). The van der Waals surface area contributed by atoms with Gasteiger partial charge >= 0.3 is 0 Å². The van der Waals surface area contributed by atoms with E-state index in [2.05, 4.69) is 11.9 Å². The minimum Gasteiger partial charge on any atom is -0.389 e. The van der Waals surface area contributed by atoms with Gasteiger partial charge in [0, 0.05) is 29.9 Å². The summed E-state index contributed by atoms with van der Waals surface area (Å²) in [6.45, 7) is 2.56. The molecule has 0 radical (unpaired) electrons. The van der Waals surface area contributed by atoms with E-state index in [0.717, 1.165) is 18.7 Å². The molecule has 0 amide bonds. The van der Waals surface area contributed by atoms with Crippen molar-refractivity contribution in [3.63, 3.8) is 0 Å². The van der Waals surface area contributed by atoms with Gasteiger partial charge in [-0.1, -0.05) is 31.3 Å². The summed E-state index contributed by atoms with van der Waals surface area (Å²) in [7, 11) is 0. The molecular formula is C14H16FN3S. The van der Waals surface area contributed by atoms with Crippen LogP contribution in [0.5, 0.6) is 0 Å². The summed E-state index contributed by atoms with van der Waals surface area (Å²) >= 11 is 4.83. The second-order valence-corrected chi connectivity index (χ2v) is 4.83. The van der Waals surface area contributed by atoms with Crippen LogP contribution in [0, 0.1) is 5.82 Å². The zero-order valence-electron chi connectivity index (χ0n) is 10.8. The van der Waals surface area contributed by atoms with Crippen molar-refractivity contribution in [2.24, 2.45) is 5.73 Å². The second-order valence-electron chi connectivity index (χ2n) is 4.39. The summed E-state index contributed by atoms with van der Waals surface area (Å²) in [4.78, 5) is 4.49. The first kappa shape index (κ1) is 13.7. The van der Waals surface area contributed by atoms with Crippen molar-refractivity contribution < 1.29 is 4.39 Å². The molecule has 0 bridgehead atoms. The van der Waals surface area contributed by atoms with Gasteiger partial charge in [0.1, 0.15) is 16.6 Å². The number of aromatic nitrogens is 2. The molecule has 2 aromatic rings. The predicted octanol–water partition coefficient (Wildman–Crippen LogP) is 2.66. The zero-order valence-corrected chi connectivity index (χ0v) is 11.6. The van der Waals surface area contributed by atoms with Crippen LogP contribution in [0.1, 0.15) is 30.3 Å². The van der Waals surface area contributed by atoms with E-state index in [1.807, 2.05) is 10.8 Å². The first-order valence-corrected chi connectivity index (χ1v) is 6.61. The Morgan fingerprint density at radius 1 is 1.47 bits per heavy atom. The van der Waals surface area contributed by atoms with Gasteiger partial charge in [-0.25, -0.2) is 9.37 Å². The molecule has 0 aliphatic rings. The standard InChI is InChI=1S/C14H16FN3S/c1-2-3-13-17-6-7-18(13)9-11-5-4-10(14(16)19)8-12(11)15/h4-8H,2-3,9H2,1H3,(H2,16,19). The summed E-state index contributed by atoms with van der Waals surface area (Å²) in [5.74, 6) is 0.682. The third-order valence-corrected chi connectivity index (χ3v) is 3.19. The molecule has 0 fully saturated rings. The Bertz CT molecular complexity index is 592. The minimum absolute atomic E-state index is 0.208. The third kappa shape index (κ3) is 3.17. The molecule has 1 aromatic heterocycles. The van der Waals surface area contributed by atoms with E-state index >= 15 is 0 Å². The molecule has 0 aliphatic carbocycles. The maximum atomic E-state index is 14.0. The monoisotopic (exact) mass is 277 g/mol. The van der Waals surface area contributed by atoms with E-state index in [0.29, 0.717) is 17.7 Å². The largest absolute Gasteiger partial charge is 0.389 e. The quantitative estimate of drug-likeness (QED) is 0.855. The molecule has 0 unspecified atom stereocenters. The number of aryl methyl sites for hydroxylation is 1. The van der Waals surface area contributed by atoms with Gasteiger partial charge in [-0.2, -0.15) is 0 Å². The summed E-state index contributed by atoms with van der Waals surface area (Å²) < 4.78 is 15.9. The Kier molecular flexibility index (Phi) is 4.27. The predicted molar refractivity (Wildman–Crippen MR) is 77.6 cm³/mol. The molecule has 0 saturated carbocycles. The van der Waals surface area contributed by atoms with Gasteiger partial charge in [0.15, 0.2) is 0 Å². The fourth-order valence-electron chi connectivity index (χ4n) is 1.95. The maximum absolute atomic E-state index is 14.0. The minimum atomic E-state index is -0.290. The highest BCUT2D eigenvalue weighted by Crippen LogP contribution is 2.13. The normalized spacial score (nSPS) is 10.6. The SMILES string of the molecule is CCCc1nccn1Cc1ccc(C(N)=S)cc1F. The van der Waals surface area contributed by atoms with Crippen molar-refractivity contribution in [2.75, 3.05) is 0 Å². The smallest absolute Gasteiger partial charge is 0.128 e. The second kappa shape index (κ2) is 5.93. The van der Waals surface area contributed by atoms with Crippen LogP contribution in [-0.2, 0) is 13.0 Å². The molecule has 1 aromatic carbocycles. The number of rotatable bonds is 5. The van der Waals surface area contributed by atoms with Gasteiger partial charge in [-0.3, -0.25) is 0 Å². The topological polar surface area (TPSA) is 43.8 Å². The first-order chi connectivity index (χ1) is 9.11. The van der Waals surface area contributed by atoms with Gasteiger partial charge in [0.25, 0.3) is 0 Å². The van der Waals surface area contributed by atoms with Crippen molar-refractivity contribution in [1.82, 2.24) is 9.55 Å². The molecule has 1 heterocycles. The number of benzene rings is 1. The highest BCUT2D eigenvalue weighted by Gasteiger charge is 2.08. The van der Waals surface area contributed by atoms with E-state index in [1.54, 1.807) is 18.3 Å². The molecule has 3 nitrogen and oxygen atoms in total. The molecule has 0 atom stereocenters. The van der Waals surface area contributed by atoms with Gasteiger partial charge in [0.05, 0.1) is 6.54 Å². The molecule has 2 N–H and O–H groups in total. The first-order valence-electron chi connectivity index (χ1n) is 6.20. The Balaban J connectivity index is 2.23. The Morgan fingerprint density at radius 2 is 2.26 bits per heavy atom.